The maximum atomic E-state index is 5.43. The largest absolute Gasteiger partial charge is 0.378 e. The van der Waals surface area contributed by atoms with Crippen molar-refractivity contribution in [2.24, 2.45) is 0 Å². The Balaban J connectivity index is 0.00000112. The van der Waals surface area contributed by atoms with Crippen molar-refractivity contribution in [1.82, 2.24) is 9.97 Å². The molecule has 1 saturated heterocycles. The smallest absolute Gasteiger partial charge is 0.227 e. The molecule has 31 heavy (non-hydrogen) atoms. The van der Waals surface area contributed by atoms with Crippen molar-refractivity contribution < 1.29 is 4.74 Å². The summed E-state index contributed by atoms with van der Waals surface area (Å²) in [5.41, 5.74) is 5.39. The van der Waals surface area contributed by atoms with Crippen molar-refractivity contribution in [2.45, 2.75) is 13.8 Å². The first-order valence-electron chi connectivity index (χ1n) is 10.9. The van der Waals surface area contributed by atoms with Crippen molar-refractivity contribution in [3.05, 3.63) is 79.0 Å². The van der Waals surface area contributed by atoms with Gasteiger partial charge in [-0.05, 0) is 29.8 Å². The molecule has 5 nitrogen and oxygen atoms in total. The first-order valence-corrected chi connectivity index (χ1v) is 10.9. The molecule has 0 saturated carbocycles. The SMILES string of the molecule is CC.c1ccc(-c2cccc3cnc(Nc4ccc(N5CCOCC5)cc4)nc23)cc1. The van der Waals surface area contributed by atoms with E-state index in [4.69, 9.17) is 9.72 Å². The number of rotatable bonds is 4. The third-order valence-corrected chi connectivity index (χ3v) is 5.20. The Kier molecular flexibility index (Phi) is 6.75. The maximum absolute atomic E-state index is 5.43. The van der Waals surface area contributed by atoms with Crippen molar-refractivity contribution >= 4 is 28.2 Å². The monoisotopic (exact) mass is 412 g/mol. The molecule has 1 aliphatic heterocycles. The van der Waals surface area contributed by atoms with Crippen LogP contribution < -0.4 is 10.2 Å². The molecule has 2 heterocycles. The van der Waals surface area contributed by atoms with E-state index in [-0.39, 0.29) is 0 Å². The van der Waals surface area contributed by atoms with Crippen LogP contribution in [0.4, 0.5) is 17.3 Å². The Morgan fingerprint density at radius 3 is 2.32 bits per heavy atom. The van der Waals surface area contributed by atoms with Gasteiger partial charge in [-0.1, -0.05) is 62.4 Å². The van der Waals surface area contributed by atoms with Crippen LogP contribution in [0, 0.1) is 0 Å². The van der Waals surface area contributed by atoms with Crippen LogP contribution in [0.5, 0.6) is 0 Å². The van der Waals surface area contributed by atoms with Gasteiger partial charge in [-0.3, -0.25) is 0 Å². The second kappa shape index (κ2) is 10.0. The summed E-state index contributed by atoms with van der Waals surface area (Å²) in [4.78, 5) is 11.6. The van der Waals surface area contributed by atoms with Crippen LogP contribution in [0.3, 0.4) is 0 Å². The number of benzene rings is 3. The van der Waals surface area contributed by atoms with Gasteiger partial charge < -0.3 is 15.0 Å². The summed E-state index contributed by atoms with van der Waals surface area (Å²) in [6.07, 6.45) is 1.87. The molecule has 1 fully saturated rings. The van der Waals surface area contributed by atoms with Gasteiger partial charge in [0.1, 0.15) is 0 Å². The predicted molar refractivity (Wildman–Crippen MR) is 129 cm³/mol. The fourth-order valence-corrected chi connectivity index (χ4v) is 3.67. The van der Waals surface area contributed by atoms with Gasteiger partial charge in [0.25, 0.3) is 0 Å². The van der Waals surface area contributed by atoms with Crippen LogP contribution >= 0.6 is 0 Å². The number of hydrogen-bond donors (Lipinski definition) is 1. The Labute approximate surface area is 183 Å². The summed E-state index contributed by atoms with van der Waals surface area (Å²) in [6, 6.07) is 24.9. The van der Waals surface area contributed by atoms with Crippen molar-refractivity contribution in [3.8, 4) is 11.1 Å². The number of aromatic nitrogens is 2. The molecule has 0 aliphatic carbocycles. The van der Waals surface area contributed by atoms with E-state index in [2.05, 4.69) is 57.7 Å². The fraction of sp³-hybridized carbons (Fsp3) is 0.231. The molecule has 1 N–H and O–H groups in total. The third-order valence-electron chi connectivity index (χ3n) is 5.20. The van der Waals surface area contributed by atoms with Crippen LogP contribution in [0.25, 0.3) is 22.0 Å². The standard InChI is InChI=1S/C24H22N4O.C2H6/c1-2-5-18(6-3-1)22-8-4-7-19-17-25-24(27-23(19)22)26-20-9-11-21(12-10-20)28-13-15-29-16-14-28;1-2/h1-12,17H,13-16H2,(H,25,26,27);1-2H3. The van der Waals surface area contributed by atoms with E-state index in [1.165, 1.54) is 5.69 Å². The molecule has 5 heteroatoms. The van der Waals surface area contributed by atoms with Crippen LogP contribution in [0.1, 0.15) is 13.8 Å². The van der Waals surface area contributed by atoms with Crippen molar-refractivity contribution in [1.29, 1.82) is 0 Å². The van der Waals surface area contributed by atoms with E-state index < -0.39 is 0 Å². The lowest BCUT2D eigenvalue weighted by atomic mass is 10.0. The number of nitrogens with one attached hydrogen (secondary N) is 1. The highest BCUT2D eigenvalue weighted by Crippen LogP contribution is 2.28. The summed E-state index contributed by atoms with van der Waals surface area (Å²) in [5.74, 6) is 0.597. The molecule has 1 aromatic heterocycles. The molecule has 0 unspecified atom stereocenters. The molecule has 3 aromatic carbocycles. The Hall–Kier alpha value is -3.44. The van der Waals surface area contributed by atoms with E-state index >= 15 is 0 Å². The van der Waals surface area contributed by atoms with Crippen LogP contribution in [0.15, 0.2) is 79.0 Å². The number of ether oxygens (including phenoxy) is 1. The highest BCUT2D eigenvalue weighted by Gasteiger charge is 2.11. The van der Waals surface area contributed by atoms with Gasteiger partial charge in [0.2, 0.25) is 5.95 Å². The Morgan fingerprint density at radius 1 is 0.839 bits per heavy atom. The highest BCUT2D eigenvalue weighted by atomic mass is 16.5. The summed E-state index contributed by atoms with van der Waals surface area (Å²) in [7, 11) is 0. The van der Waals surface area contributed by atoms with Crippen LogP contribution in [-0.4, -0.2) is 36.3 Å². The molecular formula is C26H28N4O. The lowest BCUT2D eigenvalue weighted by Crippen LogP contribution is -2.36. The van der Waals surface area contributed by atoms with E-state index in [9.17, 15) is 0 Å². The third kappa shape index (κ3) is 4.84. The molecule has 0 atom stereocenters. The van der Waals surface area contributed by atoms with E-state index in [1.807, 2.05) is 50.4 Å². The zero-order chi connectivity index (χ0) is 21.5. The van der Waals surface area contributed by atoms with Gasteiger partial charge in [0.15, 0.2) is 0 Å². The number of fused-ring (bicyclic) bond motifs is 1. The number of anilines is 3. The van der Waals surface area contributed by atoms with Crippen LogP contribution in [0.2, 0.25) is 0 Å². The minimum Gasteiger partial charge on any atom is -0.378 e. The first-order chi connectivity index (χ1) is 15.4. The molecule has 4 aromatic rings. The van der Waals surface area contributed by atoms with E-state index in [0.717, 1.165) is 54.0 Å². The van der Waals surface area contributed by atoms with Crippen molar-refractivity contribution in [2.75, 3.05) is 36.5 Å². The molecule has 1 aliphatic rings. The molecule has 0 radical (unpaired) electrons. The summed E-state index contributed by atoms with van der Waals surface area (Å²) in [6.45, 7) is 7.44. The first kappa shape index (κ1) is 20.8. The summed E-state index contributed by atoms with van der Waals surface area (Å²) >= 11 is 0. The van der Waals surface area contributed by atoms with E-state index in [0.29, 0.717) is 5.95 Å². The van der Waals surface area contributed by atoms with Crippen LogP contribution in [-0.2, 0) is 4.74 Å². The highest BCUT2D eigenvalue weighted by molar-refractivity contribution is 5.93. The molecule has 0 amide bonds. The average molecular weight is 413 g/mol. The molecule has 0 bridgehead atoms. The molecule has 158 valence electrons. The van der Waals surface area contributed by atoms with Gasteiger partial charge in [0.05, 0.1) is 18.7 Å². The Morgan fingerprint density at radius 2 is 1.58 bits per heavy atom. The minimum absolute atomic E-state index is 0.597. The quantitative estimate of drug-likeness (QED) is 0.452. The zero-order valence-electron chi connectivity index (χ0n) is 18.1. The maximum Gasteiger partial charge on any atom is 0.227 e. The lowest BCUT2D eigenvalue weighted by Gasteiger charge is -2.28. The van der Waals surface area contributed by atoms with Gasteiger partial charge >= 0.3 is 0 Å². The number of morpholine rings is 1. The molecule has 0 spiro atoms. The topological polar surface area (TPSA) is 50.3 Å². The predicted octanol–water partition coefficient (Wildman–Crippen LogP) is 5.90. The van der Waals surface area contributed by atoms with Gasteiger partial charge in [-0.25, -0.2) is 9.97 Å². The summed E-state index contributed by atoms with van der Waals surface area (Å²) < 4.78 is 5.43. The average Bonchev–Trinajstić information content (AvgIpc) is 2.86. The fourth-order valence-electron chi connectivity index (χ4n) is 3.67. The second-order valence-electron chi connectivity index (χ2n) is 7.07. The normalized spacial score (nSPS) is 13.4. The second-order valence-corrected chi connectivity index (χ2v) is 7.07. The number of hydrogen-bond acceptors (Lipinski definition) is 5. The van der Waals surface area contributed by atoms with Gasteiger partial charge in [0, 0.05) is 41.6 Å². The zero-order valence-corrected chi connectivity index (χ0v) is 18.1. The Bertz CT molecular complexity index is 1110. The summed E-state index contributed by atoms with van der Waals surface area (Å²) in [5, 5.41) is 4.37. The number of nitrogens with zero attached hydrogens (tertiary/aromatic N) is 3. The molecular weight excluding hydrogens is 384 g/mol. The van der Waals surface area contributed by atoms with Crippen molar-refractivity contribution in [3.63, 3.8) is 0 Å². The lowest BCUT2D eigenvalue weighted by molar-refractivity contribution is 0.122. The van der Waals surface area contributed by atoms with Gasteiger partial charge in [-0.15, -0.1) is 0 Å². The van der Waals surface area contributed by atoms with E-state index in [1.54, 1.807) is 0 Å². The van der Waals surface area contributed by atoms with Gasteiger partial charge in [-0.2, -0.15) is 0 Å². The molecule has 5 rings (SSSR count). The number of para-hydroxylation sites is 1. The minimum atomic E-state index is 0.597.